The van der Waals surface area contributed by atoms with E-state index in [1.165, 1.54) is 7.11 Å². The monoisotopic (exact) mass is 229 g/mol. The lowest BCUT2D eigenvalue weighted by Crippen LogP contribution is -2.42. The minimum Gasteiger partial charge on any atom is -0.469 e. The molecule has 2 unspecified atom stereocenters. The molecule has 0 aliphatic carbocycles. The van der Waals surface area contributed by atoms with Crippen molar-refractivity contribution in [1.82, 2.24) is 4.90 Å². The lowest BCUT2D eigenvalue weighted by molar-refractivity contribution is -0.145. The second-order valence-corrected chi connectivity index (χ2v) is 4.40. The molecule has 0 aromatic heterocycles. The minimum atomic E-state index is -0.126. The summed E-state index contributed by atoms with van der Waals surface area (Å²) in [5.74, 6) is -0.177. The molecular weight excluding hydrogens is 206 g/mol. The normalized spacial score (nSPS) is 24.1. The first-order valence-electron chi connectivity index (χ1n) is 6.09. The summed E-state index contributed by atoms with van der Waals surface area (Å²) in [7, 11) is 1.44. The summed E-state index contributed by atoms with van der Waals surface area (Å²) < 4.78 is 10.4. The fourth-order valence-electron chi connectivity index (χ4n) is 2.21. The Morgan fingerprint density at radius 2 is 2.31 bits per heavy atom. The van der Waals surface area contributed by atoms with E-state index in [-0.39, 0.29) is 11.9 Å². The van der Waals surface area contributed by atoms with Crippen LogP contribution in [0, 0.1) is 5.92 Å². The summed E-state index contributed by atoms with van der Waals surface area (Å²) in [6, 6.07) is 0. The van der Waals surface area contributed by atoms with Gasteiger partial charge in [-0.3, -0.25) is 9.69 Å². The second-order valence-electron chi connectivity index (χ2n) is 4.40. The zero-order chi connectivity index (χ0) is 12.0. The van der Waals surface area contributed by atoms with Gasteiger partial charge in [-0.25, -0.2) is 0 Å². The Kier molecular flexibility index (Phi) is 5.77. The largest absolute Gasteiger partial charge is 0.469 e. The van der Waals surface area contributed by atoms with Crippen LogP contribution in [0.1, 0.15) is 26.7 Å². The van der Waals surface area contributed by atoms with Gasteiger partial charge in [-0.05, 0) is 26.3 Å². The summed E-state index contributed by atoms with van der Waals surface area (Å²) in [6.45, 7) is 7.48. The molecule has 0 aromatic carbocycles. The molecule has 1 saturated heterocycles. The molecule has 1 heterocycles. The van der Waals surface area contributed by atoms with E-state index in [1.807, 2.05) is 13.8 Å². The van der Waals surface area contributed by atoms with Crippen LogP contribution in [0.5, 0.6) is 0 Å². The molecular formula is C12H23NO3. The molecule has 94 valence electrons. The van der Waals surface area contributed by atoms with Gasteiger partial charge < -0.3 is 9.47 Å². The molecule has 0 saturated carbocycles. The molecule has 1 fully saturated rings. The number of hydrogen-bond acceptors (Lipinski definition) is 4. The van der Waals surface area contributed by atoms with Gasteiger partial charge in [-0.2, -0.15) is 0 Å². The molecule has 0 spiro atoms. The predicted molar refractivity (Wildman–Crippen MR) is 62.3 cm³/mol. The number of methoxy groups -OCH3 is 1. The first-order chi connectivity index (χ1) is 7.67. The third-order valence-corrected chi connectivity index (χ3v) is 3.00. The molecule has 1 aliphatic heterocycles. The van der Waals surface area contributed by atoms with Crippen molar-refractivity contribution in [3.8, 4) is 0 Å². The number of rotatable bonds is 5. The van der Waals surface area contributed by atoms with Gasteiger partial charge in [0.2, 0.25) is 0 Å². The number of likely N-dealkylation sites (tertiary alicyclic amines) is 1. The molecule has 0 amide bonds. The highest BCUT2D eigenvalue weighted by molar-refractivity contribution is 5.72. The minimum absolute atomic E-state index is 0.0506. The summed E-state index contributed by atoms with van der Waals surface area (Å²) in [5.41, 5.74) is 0. The van der Waals surface area contributed by atoms with Gasteiger partial charge >= 0.3 is 5.97 Å². The van der Waals surface area contributed by atoms with E-state index in [0.717, 1.165) is 39.1 Å². The van der Waals surface area contributed by atoms with E-state index in [1.54, 1.807) is 0 Å². The Hall–Kier alpha value is -0.610. The lowest BCUT2D eigenvalue weighted by Gasteiger charge is -2.33. The van der Waals surface area contributed by atoms with Gasteiger partial charge in [0.1, 0.15) is 0 Å². The Balaban J connectivity index is 2.33. The summed E-state index contributed by atoms with van der Waals surface area (Å²) in [5, 5.41) is 0. The zero-order valence-electron chi connectivity index (χ0n) is 10.6. The maximum Gasteiger partial charge on any atom is 0.309 e. The average Bonchev–Trinajstić information content (AvgIpc) is 2.29. The van der Waals surface area contributed by atoms with E-state index in [2.05, 4.69) is 4.90 Å². The Morgan fingerprint density at radius 3 is 2.94 bits per heavy atom. The first kappa shape index (κ1) is 13.5. The maximum atomic E-state index is 11.3. The van der Waals surface area contributed by atoms with E-state index in [4.69, 9.17) is 9.47 Å². The molecule has 0 aromatic rings. The zero-order valence-corrected chi connectivity index (χ0v) is 10.6. The summed E-state index contributed by atoms with van der Waals surface area (Å²) >= 11 is 0. The number of carbonyl (C=O) groups is 1. The van der Waals surface area contributed by atoms with Crippen molar-refractivity contribution in [3.05, 3.63) is 0 Å². The molecule has 0 bridgehead atoms. The van der Waals surface area contributed by atoms with E-state index in [0.29, 0.717) is 6.10 Å². The molecule has 1 aliphatic rings. The maximum absolute atomic E-state index is 11.3. The molecule has 4 nitrogen and oxygen atoms in total. The summed E-state index contributed by atoms with van der Waals surface area (Å²) in [4.78, 5) is 13.6. The van der Waals surface area contributed by atoms with Crippen molar-refractivity contribution in [1.29, 1.82) is 0 Å². The average molecular weight is 229 g/mol. The standard InChI is InChI=1S/C12H23NO3/c1-4-16-11-6-5-7-13(9-11)8-10(2)12(14)15-3/h10-11H,4-9H2,1-3H3. The van der Waals surface area contributed by atoms with Crippen LogP contribution < -0.4 is 0 Å². The van der Waals surface area contributed by atoms with E-state index >= 15 is 0 Å². The van der Waals surface area contributed by atoms with Gasteiger partial charge in [0.25, 0.3) is 0 Å². The quantitative estimate of drug-likeness (QED) is 0.666. The smallest absolute Gasteiger partial charge is 0.309 e. The van der Waals surface area contributed by atoms with Crippen LogP contribution >= 0.6 is 0 Å². The third kappa shape index (κ3) is 4.10. The van der Waals surface area contributed by atoms with Crippen molar-refractivity contribution >= 4 is 5.97 Å². The number of piperidine rings is 1. The molecule has 0 N–H and O–H groups in total. The number of carbonyl (C=O) groups excluding carboxylic acids is 1. The third-order valence-electron chi connectivity index (χ3n) is 3.00. The van der Waals surface area contributed by atoms with Gasteiger partial charge in [-0.1, -0.05) is 6.92 Å². The highest BCUT2D eigenvalue weighted by Crippen LogP contribution is 2.15. The second kappa shape index (κ2) is 6.86. The van der Waals surface area contributed by atoms with Gasteiger partial charge in [-0.15, -0.1) is 0 Å². The van der Waals surface area contributed by atoms with E-state index < -0.39 is 0 Å². The van der Waals surface area contributed by atoms with Crippen molar-refractivity contribution in [2.24, 2.45) is 5.92 Å². The number of esters is 1. The Morgan fingerprint density at radius 1 is 1.56 bits per heavy atom. The molecule has 2 atom stereocenters. The summed E-state index contributed by atoms with van der Waals surface area (Å²) in [6.07, 6.45) is 2.62. The Labute approximate surface area is 97.9 Å². The first-order valence-corrected chi connectivity index (χ1v) is 6.09. The van der Waals surface area contributed by atoms with Crippen molar-refractivity contribution in [2.45, 2.75) is 32.8 Å². The molecule has 1 rings (SSSR count). The van der Waals surface area contributed by atoms with Crippen LogP contribution in [-0.2, 0) is 14.3 Å². The predicted octanol–water partition coefficient (Wildman–Crippen LogP) is 1.30. The van der Waals surface area contributed by atoms with Gasteiger partial charge in [0.15, 0.2) is 0 Å². The molecule has 16 heavy (non-hydrogen) atoms. The lowest BCUT2D eigenvalue weighted by atomic mass is 10.1. The SMILES string of the molecule is CCOC1CCCN(CC(C)C(=O)OC)C1. The highest BCUT2D eigenvalue weighted by atomic mass is 16.5. The Bertz CT molecular complexity index is 218. The van der Waals surface area contributed by atoms with E-state index in [9.17, 15) is 4.79 Å². The van der Waals surface area contributed by atoms with Gasteiger partial charge in [0.05, 0.1) is 19.1 Å². The topological polar surface area (TPSA) is 38.8 Å². The van der Waals surface area contributed by atoms with Crippen molar-refractivity contribution in [3.63, 3.8) is 0 Å². The van der Waals surface area contributed by atoms with Crippen LogP contribution in [0.2, 0.25) is 0 Å². The van der Waals surface area contributed by atoms with Gasteiger partial charge in [0, 0.05) is 19.7 Å². The van der Waals surface area contributed by atoms with Crippen molar-refractivity contribution in [2.75, 3.05) is 33.4 Å². The number of ether oxygens (including phenoxy) is 2. The fraction of sp³-hybridized carbons (Fsp3) is 0.917. The van der Waals surface area contributed by atoms with Crippen LogP contribution in [0.4, 0.5) is 0 Å². The fourth-order valence-corrected chi connectivity index (χ4v) is 2.21. The number of hydrogen-bond donors (Lipinski definition) is 0. The molecule has 4 heteroatoms. The highest BCUT2D eigenvalue weighted by Gasteiger charge is 2.23. The van der Waals surface area contributed by atoms with Crippen LogP contribution in [0.25, 0.3) is 0 Å². The number of nitrogens with zero attached hydrogens (tertiary/aromatic N) is 1. The molecule has 0 radical (unpaired) electrons. The van der Waals surface area contributed by atoms with Crippen LogP contribution in [-0.4, -0.2) is 50.3 Å². The van der Waals surface area contributed by atoms with Crippen LogP contribution in [0.3, 0.4) is 0 Å². The van der Waals surface area contributed by atoms with Crippen LogP contribution in [0.15, 0.2) is 0 Å². The van der Waals surface area contributed by atoms with Crippen molar-refractivity contribution < 1.29 is 14.3 Å².